The Morgan fingerprint density at radius 2 is 1.88 bits per heavy atom. The van der Waals surface area contributed by atoms with Crippen molar-refractivity contribution in [1.82, 2.24) is 20.0 Å². The average molecular weight is 356 g/mol. The lowest BCUT2D eigenvalue weighted by molar-refractivity contribution is -0.122. The fourth-order valence-corrected chi connectivity index (χ4v) is 3.08. The van der Waals surface area contributed by atoms with Crippen molar-refractivity contribution in [3.8, 4) is 0 Å². The van der Waals surface area contributed by atoms with Crippen LogP contribution in [0, 0.1) is 5.82 Å². The average Bonchev–Trinajstić information content (AvgIpc) is 3.04. The largest absolute Gasteiger partial charge is 0.345 e. The van der Waals surface area contributed by atoms with Gasteiger partial charge in [0.2, 0.25) is 0 Å². The number of H-pyrrole nitrogens is 1. The number of hydrogen-bond donors (Lipinski definition) is 1. The van der Waals surface area contributed by atoms with Crippen LogP contribution in [0.2, 0.25) is 0 Å². The lowest BCUT2D eigenvalue weighted by atomic mass is 9.86. The number of nitrogens with one attached hydrogen (secondary N) is 1. The Morgan fingerprint density at radius 3 is 2.50 bits per heavy atom. The van der Waals surface area contributed by atoms with Crippen molar-refractivity contribution in [3.63, 3.8) is 0 Å². The lowest BCUT2D eigenvalue weighted by Gasteiger charge is -2.28. The molecule has 0 fully saturated rings. The molecule has 1 aliphatic heterocycles. The van der Waals surface area contributed by atoms with Crippen LogP contribution in [-0.4, -0.2) is 52.5 Å². The molecular formula is C19H21FN4O2. The summed E-state index contributed by atoms with van der Waals surface area (Å²) >= 11 is 0. The van der Waals surface area contributed by atoms with E-state index in [1.54, 1.807) is 26.5 Å². The van der Waals surface area contributed by atoms with Gasteiger partial charge in [0.15, 0.2) is 0 Å². The third-order valence-corrected chi connectivity index (χ3v) is 4.45. The van der Waals surface area contributed by atoms with Gasteiger partial charge in [0, 0.05) is 43.4 Å². The van der Waals surface area contributed by atoms with E-state index in [0.29, 0.717) is 23.2 Å². The number of rotatable bonds is 2. The van der Waals surface area contributed by atoms with Gasteiger partial charge in [-0.15, -0.1) is 0 Å². The lowest BCUT2D eigenvalue weighted by Crippen LogP contribution is -2.37. The molecule has 2 heterocycles. The van der Waals surface area contributed by atoms with Gasteiger partial charge >= 0.3 is 0 Å². The number of carbonyl (C=O) groups is 2. The Morgan fingerprint density at radius 1 is 1.23 bits per heavy atom. The maximum absolute atomic E-state index is 13.2. The maximum Gasteiger partial charge on any atom is 0.257 e. The molecule has 0 saturated carbocycles. The zero-order valence-corrected chi connectivity index (χ0v) is 15.2. The molecule has 6 nitrogen and oxygen atoms in total. The van der Waals surface area contributed by atoms with E-state index in [2.05, 4.69) is 10.2 Å². The van der Waals surface area contributed by atoms with Crippen LogP contribution in [-0.2, 0) is 10.2 Å². The van der Waals surface area contributed by atoms with E-state index in [0.717, 1.165) is 5.69 Å². The highest BCUT2D eigenvalue weighted by atomic mass is 19.1. The van der Waals surface area contributed by atoms with Crippen molar-refractivity contribution < 1.29 is 14.0 Å². The van der Waals surface area contributed by atoms with Crippen LogP contribution in [0.4, 0.5) is 4.39 Å². The summed E-state index contributed by atoms with van der Waals surface area (Å²) in [6.45, 7) is 4.31. The fraction of sp³-hybridized carbons (Fsp3) is 0.316. The zero-order chi connectivity index (χ0) is 19.1. The molecular weight excluding hydrogens is 335 g/mol. The minimum Gasteiger partial charge on any atom is -0.345 e. The molecule has 2 amide bonds. The maximum atomic E-state index is 13.2. The minimum atomic E-state index is -0.452. The zero-order valence-electron chi connectivity index (χ0n) is 15.2. The Labute approximate surface area is 151 Å². The van der Waals surface area contributed by atoms with Crippen LogP contribution in [0.3, 0.4) is 0 Å². The number of hydrogen-bond acceptors (Lipinski definition) is 3. The standard InChI is InChI=1S/C19H21FN4O2/c1-19(2)11-24(17(25)12-5-7-13(20)8-6-12)10-15(18(26)23(3)4)14-9-21-22-16(14)19/h5-10H,11H2,1-4H3,(H,21,22). The van der Waals surface area contributed by atoms with Crippen LogP contribution < -0.4 is 0 Å². The van der Waals surface area contributed by atoms with Crippen molar-refractivity contribution in [3.05, 3.63) is 59.3 Å². The summed E-state index contributed by atoms with van der Waals surface area (Å²) in [5, 5.41) is 7.06. The molecule has 2 aromatic rings. The molecule has 0 bridgehead atoms. The van der Waals surface area contributed by atoms with Crippen LogP contribution in [0.15, 0.2) is 36.7 Å². The third kappa shape index (κ3) is 3.12. The number of likely N-dealkylation sites (N-methyl/N-ethyl adjacent to an activating group) is 1. The number of fused-ring (bicyclic) bond motifs is 1. The number of amides is 2. The number of carbonyl (C=O) groups excluding carboxylic acids is 2. The quantitative estimate of drug-likeness (QED) is 0.898. The van der Waals surface area contributed by atoms with Gasteiger partial charge in [-0.25, -0.2) is 4.39 Å². The van der Waals surface area contributed by atoms with Crippen LogP contribution in [0.5, 0.6) is 0 Å². The first-order valence-corrected chi connectivity index (χ1v) is 8.25. The Balaban J connectivity index is 2.09. The van der Waals surface area contributed by atoms with Gasteiger partial charge < -0.3 is 9.80 Å². The summed E-state index contributed by atoms with van der Waals surface area (Å²) in [6, 6.07) is 5.38. The normalized spacial score (nSPS) is 15.7. The number of nitrogens with zero attached hydrogens (tertiary/aromatic N) is 3. The van der Waals surface area contributed by atoms with Gasteiger partial charge in [0.05, 0.1) is 17.5 Å². The summed E-state index contributed by atoms with van der Waals surface area (Å²) < 4.78 is 13.2. The summed E-state index contributed by atoms with van der Waals surface area (Å²) in [5.74, 6) is -0.916. The van der Waals surface area contributed by atoms with Crippen molar-refractivity contribution in [2.75, 3.05) is 20.6 Å². The number of aromatic nitrogens is 2. The Kier molecular flexibility index (Phi) is 4.39. The molecule has 0 radical (unpaired) electrons. The van der Waals surface area contributed by atoms with E-state index in [1.807, 2.05) is 13.8 Å². The summed E-state index contributed by atoms with van der Waals surface area (Å²) in [7, 11) is 3.32. The molecule has 1 N–H and O–H groups in total. The molecule has 0 saturated heterocycles. The number of benzene rings is 1. The van der Waals surface area contributed by atoms with Crippen LogP contribution >= 0.6 is 0 Å². The first-order chi connectivity index (χ1) is 12.2. The molecule has 26 heavy (non-hydrogen) atoms. The molecule has 7 heteroatoms. The highest BCUT2D eigenvalue weighted by molar-refractivity contribution is 6.20. The van der Waals surface area contributed by atoms with Gasteiger partial charge in [-0.2, -0.15) is 5.10 Å². The van der Waals surface area contributed by atoms with E-state index < -0.39 is 11.2 Å². The van der Waals surface area contributed by atoms with Gasteiger partial charge in [-0.05, 0) is 24.3 Å². The van der Waals surface area contributed by atoms with Crippen LogP contribution in [0.1, 0.15) is 35.5 Å². The van der Waals surface area contributed by atoms with Crippen molar-refractivity contribution in [1.29, 1.82) is 0 Å². The van der Waals surface area contributed by atoms with Gasteiger partial charge in [0.25, 0.3) is 11.8 Å². The fourth-order valence-electron chi connectivity index (χ4n) is 3.08. The Bertz CT molecular complexity index is 881. The SMILES string of the molecule is CN(C)C(=O)C1=CN(C(=O)c2ccc(F)cc2)CC(C)(C)c2[nH]ncc21. The van der Waals surface area contributed by atoms with Crippen LogP contribution in [0.25, 0.3) is 5.57 Å². The summed E-state index contributed by atoms with van der Waals surface area (Å²) in [4.78, 5) is 28.6. The predicted molar refractivity (Wildman–Crippen MR) is 95.7 cm³/mol. The molecule has 3 rings (SSSR count). The van der Waals surface area contributed by atoms with Crippen molar-refractivity contribution in [2.45, 2.75) is 19.3 Å². The highest BCUT2D eigenvalue weighted by Gasteiger charge is 2.36. The number of aromatic amines is 1. The Hall–Kier alpha value is -2.96. The highest BCUT2D eigenvalue weighted by Crippen LogP contribution is 2.34. The summed E-state index contributed by atoms with van der Waals surface area (Å²) in [5.41, 5.74) is 1.78. The number of halogens is 1. The van der Waals surface area contributed by atoms with E-state index in [9.17, 15) is 14.0 Å². The molecule has 0 atom stereocenters. The molecule has 1 aliphatic rings. The molecule has 0 unspecified atom stereocenters. The minimum absolute atomic E-state index is 0.220. The molecule has 0 spiro atoms. The second-order valence-corrected chi connectivity index (χ2v) is 7.22. The van der Waals surface area contributed by atoms with Crippen molar-refractivity contribution in [2.24, 2.45) is 0 Å². The molecule has 1 aromatic carbocycles. The molecule has 136 valence electrons. The van der Waals surface area contributed by atoms with E-state index in [-0.39, 0.29) is 11.8 Å². The van der Waals surface area contributed by atoms with E-state index in [1.165, 1.54) is 34.1 Å². The summed E-state index contributed by atoms with van der Waals surface area (Å²) in [6.07, 6.45) is 3.17. The van der Waals surface area contributed by atoms with E-state index >= 15 is 0 Å². The topological polar surface area (TPSA) is 69.3 Å². The third-order valence-electron chi connectivity index (χ3n) is 4.45. The monoisotopic (exact) mass is 356 g/mol. The predicted octanol–water partition coefficient (Wildman–Crippen LogP) is 2.41. The smallest absolute Gasteiger partial charge is 0.257 e. The van der Waals surface area contributed by atoms with Gasteiger partial charge in [-0.1, -0.05) is 13.8 Å². The van der Waals surface area contributed by atoms with Gasteiger partial charge in [-0.3, -0.25) is 14.7 Å². The molecule has 0 aliphatic carbocycles. The molecule has 1 aromatic heterocycles. The van der Waals surface area contributed by atoms with Gasteiger partial charge in [0.1, 0.15) is 5.82 Å². The van der Waals surface area contributed by atoms with Crippen molar-refractivity contribution >= 4 is 17.4 Å². The van der Waals surface area contributed by atoms with E-state index in [4.69, 9.17) is 0 Å². The second kappa shape index (κ2) is 6.40. The second-order valence-electron chi connectivity index (χ2n) is 7.22. The first kappa shape index (κ1) is 17.8. The first-order valence-electron chi connectivity index (χ1n) is 8.25.